The predicted octanol–water partition coefficient (Wildman–Crippen LogP) is 2.41. The summed E-state index contributed by atoms with van der Waals surface area (Å²) >= 11 is 5.89. The van der Waals surface area contributed by atoms with Crippen LogP contribution in [0.2, 0.25) is 0 Å². The van der Waals surface area contributed by atoms with Gasteiger partial charge in [0.1, 0.15) is 11.1 Å². The van der Waals surface area contributed by atoms with Crippen LogP contribution in [0.25, 0.3) is 0 Å². The number of aromatic nitrogens is 3. The largest absolute Gasteiger partial charge is 0.307 e. The zero-order valence-corrected chi connectivity index (χ0v) is 13.1. The lowest BCUT2D eigenvalue weighted by Gasteiger charge is -2.29. The van der Waals surface area contributed by atoms with Gasteiger partial charge in [-0.2, -0.15) is 0 Å². The third-order valence-corrected chi connectivity index (χ3v) is 5.82. The third kappa shape index (κ3) is 2.79. The number of rotatable bonds is 2. The molecule has 0 spiro atoms. The molecular formula is C12H20ClN3O2S. The average Bonchev–Trinajstić information content (AvgIpc) is 2.71. The van der Waals surface area contributed by atoms with Crippen molar-refractivity contribution in [2.75, 3.05) is 5.75 Å². The molecule has 19 heavy (non-hydrogen) atoms. The monoisotopic (exact) mass is 305 g/mol. The van der Waals surface area contributed by atoms with Gasteiger partial charge in [-0.05, 0) is 33.6 Å². The highest BCUT2D eigenvalue weighted by molar-refractivity contribution is 7.91. The topological polar surface area (TPSA) is 64.8 Å². The molecule has 1 aromatic rings. The molecule has 0 saturated carbocycles. The van der Waals surface area contributed by atoms with Crippen LogP contribution in [-0.4, -0.2) is 28.9 Å². The summed E-state index contributed by atoms with van der Waals surface area (Å²) in [6.07, 6.45) is 2.28. The molecule has 108 valence electrons. The van der Waals surface area contributed by atoms with Crippen LogP contribution < -0.4 is 0 Å². The second-order valence-corrected chi connectivity index (χ2v) is 8.54. The van der Waals surface area contributed by atoms with Crippen molar-refractivity contribution in [3.05, 3.63) is 11.6 Å². The SMILES string of the molecule is CC(C)(C)n1c(CCl)nnc1C1CCCCS1(=O)=O. The highest BCUT2D eigenvalue weighted by atomic mass is 35.5. The Balaban J connectivity index is 2.54. The van der Waals surface area contributed by atoms with Crippen LogP contribution >= 0.6 is 11.6 Å². The molecule has 1 unspecified atom stereocenters. The lowest BCUT2D eigenvalue weighted by atomic mass is 10.1. The van der Waals surface area contributed by atoms with E-state index in [-0.39, 0.29) is 17.2 Å². The van der Waals surface area contributed by atoms with Crippen molar-refractivity contribution >= 4 is 21.4 Å². The second-order valence-electron chi connectivity index (χ2n) is 5.97. The minimum atomic E-state index is -3.12. The number of alkyl halides is 1. The Morgan fingerprint density at radius 2 is 2.00 bits per heavy atom. The molecule has 0 radical (unpaired) electrons. The van der Waals surface area contributed by atoms with Gasteiger partial charge in [-0.25, -0.2) is 8.42 Å². The van der Waals surface area contributed by atoms with E-state index in [1.807, 2.05) is 25.3 Å². The summed E-state index contributed by atoms with van der Waals surface area (Å²) in [5.41, 5.74) is -0.282. The maximum absolute atomic E-state index is 12.2. The lowest BCUT2D eigenvalue weighted by Crippen LogP contribution is -2.31. The highest BCUT2D eigenvalue weighted by Gasteiger charge is 2.36. The molecule has 2 heterocycles. The van der Waals surface area contributed by atoms with Crippen LogP contribution in [0.1, 0.15) is 56.9 Å². The van der Waals surface area contributed by atoms with Crippen molar-refractivity contribution in [1.82, 2.24) is 14.8 Å². The van der Waals surface area contributed by atoms with Crippen LogP contribution in [0.3, 0.4) is 0 Å². The van der Waals surface area contributed by atoms with Crippen molar-refractivity contribution in [2.45, 2.75) is 56.7 Å². The molecule has 1 fully saturated rings. The van der Waals surface area contributed by atoms with Crippen molar-refractivity contribution in [2.24, 2.45) is 0 Å². The minimum absolute atomic E-state index is 0.233. The first-order valence-electron chi connectivity index (χ1n) is 6.49. The van der Waals surface area contributed by atoms with E-state index in [1.165, 1.54) is 0 Å². The van der Waals surface area contributed by atoms with Crippen LogP contribution in [0.15, 0.2) is 0 Å². The Kier molecular flexibility index (Phi) is 3.93. The standard InChI is InChI=1S/C12H20ClN3O2S/c1-12(2,3)16-10(8-13)14-15-11(16)9-6-4-5-7-19(9,17)18/h9H,4-8H2,1-3H3. The summed E-state index contributed by atoms with van der Waals surface area (Å²) in [6.45, 7) is 6.02. The zero-order chi connectivity index (χ0) is 14.3. The fourth-order valence-corrected chi connectivity index (χ4v) is 4.66. The molecule has 0 aliphatic carbocycles. The summed E-state index contributed by atoms with van der Waals surface area (Å²) in [5, 5.41) is 7.64. The summed E-state index contributed by atoms with van der Waals surface area (Å²) in [7, 11) is -3.12. The third-order valence-electron chi connectivity index (χ3n) is 3.41. The van der Waals surface area contributed by atoms with Crippen molar-refractivity contribution in [3.63, 3.8) is 0 Å². The lowest BCUT2D eigenvalue weighted by molar-refractivity contribution is 0.367. The van der Waals surface area contributed by atoms with Gasteiger partial charge >= 0.3 is 0 Å². The Morgan fingerprint density at radius 1 is 1.32 bits per heavy atom. The molecule has 7 heteroatoms. The smallest absolute Gasteiger partial charge is 0.160 e. The van der Waals surface area contributed by atoms with Crippen LogP contribution in [0, 0.1) is 0 Å². The number of nitrogens with zero attached hydrogens (tertiary/aromatic N) is 3. The first-order valence-corrected chi connectivity index (χ1v) is 8.74. The average molecular weight is 306 g/mol. The summed E-state index contributed by atoms with van der Waals surface area (Å²) < 4.78 is 26.4. The van der Waals surface area contributed by atoms with Gasteiger partial charge < -0.3 is 4.57 Å². The van der Waals surface area contributed by atoms with Crippen LogP contribution in [0.5, 0.6) is 0 Å². The van der Waals surface area contributed by atoms with E-state index < -0.39 is 15.1 Å². The Labute approximate surface area is 119 Å². The summed E-state index contributed by atoms with van der Waals surface area (Å²) in [4.78, 5) is 0. The molecule has 1 atom stereocenters. The number of hydrogen-bond donors (Lipinski definition) is 0. The van der Waals surface area contributed by atoms with Crippen LogP contribution in [0.4, 0.5) is 0 Å². The van der Waals surface area contributed by atoms with Gasteiger partial charge in [0.2, 0.25) is 0 Å². The molecule has 0 aromatic carbocycles. The summed E-state index contributed by atoms with van der Waals surface area (Å²) in [6, 6.07) is 0. The van der Waals surface area contributed by atoms with Gasteiger partial charge in [0.25, 0.3) is 0 Å². The zero-order valence-electron chi connectivity index (χ0n) is 11.6. The quantitative estimate of drug-likeness (QED) is 0.787. The maximum atomic E-state index is 12.2. The van der Waals surface area contributed by atoms with Crippen LogP contribution in [-0.2, 0) is 21.3 Å². The van der Waals surface area contributed by atoms with Gasteiger partial charge in [-0.1, -0.05) is 6.42 Å². The molecular weight excluding hydrogens is 286 g/mol. The predicted molar refractivity (Wildman–Crippen MR) is 75.0 cm³/mol. The van der Waals surface area contributed by atoms with Crippen molar-refractivity contribution in [3.8, 4) is 0 Å². The summed E-state index contributed by atoms with van der Waals surface area (Å²) in [5.74, 6) is 1.65. The maximum Gasteiger partial charge on any atom is 0.160 e. The fraction of sp³-hybridized carbons (Fsp3) is 0.833. The van der Waals surface area contributed by atoms with Gasteiger partial charge in [0.05, 0.1) is 11.6 Å². The first kappa shape index (κ1) is 14.8. The van der Waals surface area contributed by atoms with E-state index in [0.717, 1.165) is 12.8 Å². The molecule has 1 aliphatic rings. The van der Waals surface area contributed by atoms with Gasteiger partial charge in [0, 0.05) is 5.54 Å². The van der Waals surface area contributed by atoms with E-state index in [9.17, 15) is 8.42 Å². The normalized spacial score (nSPS) is 23.5. The van der Waals surface area contributed by atoms with E-state index >= 15 is 0 Å². The Bertz CT molecular complexity index is 560. The van der Waals surface area contributed by atoms with E-state index in [4.69, 9.17) is 11.6 Å². The van der Waals surface area contributed by atoms with Gasteiger partial charge in [0.15, 0.2) is 15.7 Å². The highest BCUT2D eigenvalue weighted by Crippen LogP contribution is 2.35. The van der Waals surface area contributed by atoms with Crippen molar-refractivity contribution < 1.29 is 8.42 Å². The molecule has 0 bridgehead atoms. The number of sulfone groups is 1. The molecule has 1 saturated heterocycles. The Morgan fingerprint density at radius 3 is 2.53 bits per heavy atom. The molecule has 2 rings (SSSR count). The van der Waals surface area contributed by atoms with Gasteiger partial charge in [-0.15, -0.1) is 21.8 Å². The molecule has 1 aromatic heterocycles. The van der Waals surface area contributed by atoms with E-state index in [1.54, 1.807) is 0 Å². The second kappa shape index (κ2) is 5.05. The molecule has 0 N–H and O–H groups in total. The van der Waals surface area contributed by atoms with E-state index in [2.05, 4.69) is 10.2 Å². The van der Waals surface area contributed by atoms with Crippen molar-refractivity contribution in [1.29, 1.82) is 0 Å². The molecule has 1 aliphatic heterocycles. The van der Waals surface area contributed by atoms with Gasteiger partial charge in [-0.3, -0.25) is 0 Å². The number of hydrogen-bond acceptors (Lipinski definition) is 4. The Hall–Kier alpha value is -0.620. The fourth-order valence-electron chi connectivity index (χ4n) is 2.60. The first-order chi connectivity index (χ1) is 8.77. The number of halogens is 1. The van der Waals surface area contributed by atoms with E-state index in [0.29, 0.717) is 18.1 Å². The molecule has 5 nitrogen and oxygen atoms in total. The molecule has 0 amide bonds. The minimum Gasteiger partial charge on any atom is -0.307 e.